The Hall–Kier alpha value is -1.06. The van der Waals surface area contributed by atoms with E-state index in [2.05, 4.69) is 21.8 Å². The predicted octanol–water partition coefficient (Wildman–Crippen LogP) is 2.29. The number of carbonyl (C=O) groups is 1. The van der Waals surface area contributed by atoms with Gasteiger partial charge in [0.2, 0.25) is 0 Å². The van der Waals surface area contributed by atoms with Gasteiger partial charge in [0.15, 0.2) is 0 Å². The zero-order valence-corrected chi connectivity index (χ0v) is 10.8. The average Bonchev–Trinajstić information content (AvgIpc) is 2.37. The molecule has 0 heterocycles. The topological polar surface area (TPSA) is 29.5 Å². The summed E-state index contributed by atoms with van der Waals surface area (Å²) in [7, 11) is 1.41. The Morgan fingerprint density at radius 2 is 2.00 bits per heavy atom. The fourth-order valence-electron chi connectivity index (χ4n) is 1.58. The van der Waals surface area contributed by atoms with E-state index in [4.69, 9.17) is 11.6 Å². The lowest BCUT2D eigenvalue weighted by Crippen LogP contribution is -2.28. The van der Waals surface area contributed by atoms with Gasteiger partial charge in [-0.15, -0.1) is 11.6 Å². The molecular formula is C13H18ClNO2. The van der Waals surface area contributed by atoms with E-state index in [-0.39, 0.29) is 5.97 Å². The van der Waals surface area contributed by atoms with Crippen LogP contribution in [0.2, 0.25) is 0 Å². The molecule has 94 valence electrons. The molecule has 0 aliphatic heterocycles. The summed E-state index contributed by atoms with van der Waals surface area (Å²) in [5, 5.41) is 0. The lowest BCUT2D eigenvalue weighted by atomic mass is 10.2. The van der Waals surface area contributed by atoms with Crippen LogP contribution in [0.5, 0.6) is 0 Å². The zero-order valence-electron chi connectivity index (χ0n) is 10.1. The van der Waals surface area contributed by atoms with Crippen molar-refractivity contribution in [3.05, 3.63) is 35.9 Å². The molecule has 0 aliphatic rings. The molecule has 0 atom stereocenters. The molecule has 0 bridgehead atoms. The molecule has 0 fully saturated rings. The molecule has 0 saturated heterocycles. The summed E-state index contributed by atoms with van der Waals surface area (Å²) in [4.78, 5) is 13.2. The van der Waals surface area contributed by atoms with E-state index in [9.17, 15) is 4.79 Å². The Balaban J connectivity index is 2.45. The maximum absolute atomic E-state index is 11.1. The molecule has 4 heteroatoms. The van der Waals surface area contributed by atoms with Crippen LogP contribution in [0.1, 0.15) is 12.0 Å². The Labute approximate surface area is 107 Å². The van der Waals surface area contributed by atoms with Gasteiger partial charge in [0.05, 0.1) is 13.5 Å². The lowest BCUT2D eigenvalue weighted by molar-refractivity contribution is -0.141. The minimum atomic E-state index is -0.183. The van der Waals surface area contributed by atoms with Gasteiger partial charge in [0.1, 0.15) is 0 Å². The summed E-state index contributed by atoms with van der Waals surface area (Å²) < 4.78 is 4.63. The van der Waals surface area contributed by atoms with Crippen molar-refractivity contribution in [3.63, 3.8) is 0 Å². The van der Waals surface area contributed by atoms with Crippen molar-refractivity contribution >= 4 is 17.6 Å². The Morgan fingerprint density at radius 1 is 1.29 bits per heavy atom. The number of methoxy groups -OCH3 is 1. The minimum absolute atomic E-state index is 0.183. The van der Waals surface area contributed by atoms with Gasteiger partial charge < -0.3 is 4.74 Å². The van der Waals surface area contributed by atoms with Crippen LogP contribution >= 0.6 is 11.6 Å². The smallest absolute Gasteiger partial charge is 0.306 e. The van der Waals surface area contributed by atoms with Crippen LogP contribution in [0, 0.1) is 0 Å². The van der Waals surface area contributed by atoms with Crippen molar-refractivity contribution < 1.29 is 9.53 Å². The number of hydrogen-bond donors (Lipinski definition) is 0. The van der Waals surface area contributed by atoms with Crippen LogP contribution in [0.3, 0.4) is 0 Å². The molecule has 1 rings (SSSR count). The molecule has 0 spiro atoms. The van der Waals surface area contributed by atoms with Gasteiger partial charge in [-0.05, 0) is 5.56 Å². The van der Waals surface area contributed by atoms with E-state index >= 15 is 0 Å². The molecule has 0 radical (unpaired) electrons. The SMILES string of the molecule is COC(=O)CCN(CCCl)Cc1ccccc1. The van der Waals surface area contributed by atoms with E-state index in [1.165, 1.54) is 12.7 Å². The molecule has 17 heavy (non-hydrogen) atoms. The van der Waals surface area contributed by atoms with Crippen LogP contribution < -0.4 is 0 Å². The number of rotatable bonds is 7. The molecule has 0 N–H and O–H groups in total. The summed E-state index contributed by atoms with van der Waals surface area (Å²) in [6, 6.07) is 10.1. The number of esters is 1. The monoisotopic (exact) mass is 255 g/mol. The normalized spacial score (nSPS) is 10.5. The Bertz CT molecular complexity index is 329. The third-order valence-corrected chi connectivity index (χ3v) is 2.68. The van der Waals surface area contributed by atoms with Gasteiger partial charge >= 0.3 is 5.97 Å². The van der Waals surface area contributed by atoms with Gasteiger partial charge in [-0.1, -0.05) is 30.3 Å². The maximum atomic E-state index is 11.1. The second-order valence-corrected chi connectivity index (χ2v) is 4.15. The second kappa shape index (κ2) is 8.09. The molecular weight excluding hydrogens is 238 g/mol. The summed E-state index contributed by atoms with van der Waals surface area (Å²) in [5.41, 5.74) is 1.22. The van der Waals surface area contributed by atoms with Crippen LogP contribution in [0.15, 0.2) is 30.3 Å². The van der Waals surface area contributed by atoms with Crippen molar-refractivity contribution in [1.82, 2.24) is 4.90 Å². The fraction of sp³-hybridized carbons (Fsp3) is 0.462. The minimum Gasteiger partial charge on any atom is -0.469 e. The van der Waals surface area contributed by atoms with Gasteiger partial charge in [-0.3, -0.25) is 9.69 Å². The number of carbonyl (C=O) groups excluding carboxylic acids is 1. The standard InChI is InChI=1S/C13H18ClNO2/c1-17-13(16)7-9-15(10-8-14)11-12-5-3-2-4-6-12/h2-6H,7-11H2,1H3. The molecule has 0 aliphatic carbocycles. The molecule has 0 amide bonds. The first-order chi connectivity index (χ1) is 8.26. The quantitative estimate of drug-likeness (QED) is 0.553. The van der Waals surface area contributed by atoms with Gasteiger partial charge in [-0.25, -0.2) is 0 Å². The predicted molar refractivity (Wildman–Crippen MR) is 69.1 cm³/mol. The van der Waals surface area contributed by atoms with Crippen molar-refractivity contribution in [1.29, 1.82) is 0 Å². The van der Waals surface area contributed by atoms with E-state index < -0.39 is 0 Å². The molecule has 1 aromatic rings. The van der Waals surface area contributed by atoms with Crippen LogP contribution in [-0.4, -0.2) is 36.9 Å². The largest absolute Gasteiger partial charge is 0.469 e. The summed E-state index contributed by atoms with van der Waals surface area (Å²) >= 11 is 5.75. The van der Waals surface area contributed by atoms with E-state index in [1.54, 1.807) is 0 Å². The van der Waals surface area contributed by atoms with Crippen molar-refractivity contribution in [3.8, 4) is 0 Å². The highest BCUT2D eigenvalue weighted by atomic mass is 35.5. The highest BCUT2D eigenvalue weighted by Crippen LogP contribution is 2.05. The first-order valence-electron chi connectivity index (χ1n) is 5.65. The summed E-state index contributed by atoms with van der Waals surface area (Å²) in [6.07, 6.45) is 0.403. The van der Waals surface area contributed by atoms with E-state index in [0.717, 1.165) is 13.1 Å². The average molecular weight is 256 g/mol. The summed E-state index contributed by atoms with van der Waals surface area (Å²) in [6.45, 7) is 2.26. The van der Waals surface area contributed by atoms with Crippen molar-refractivity contribution in [2.45, 2.75) is 13.0 Å². The van der Waals surface area contributed by atoms with Gasteiger partial charge in [-0.2, -0.15) is 0 Å². The van der Waals surface area contributed by atoms with Crippen LogP contribution in [-0.2, 0) is 16.1 Å². The number of nitrogens with zero attached hydrogens (tertiary/aromatic N) is 1. The third kappa shape index (κ3) is 5.71. The third-order valence-electron chi connectivity index (χ3n) is 2.51. The molecule has 0 saturated carbocycles. The number of hydrogen-bond acceptors (Lipinski definition) is 3. The maximum Gasteiger partial charge on any atom is 0.306 e. The molecule has 3 nitrogen and oxygen atoms in total. The Morgan fingerprint density at radius 3 is 2.59 bits per heavy atom. The Kier molecular flexibility index (Phi) is 6.67. The first kappa shape index (κ1) is 14.0. The number of ether oxygens (including phenoxy) is 1. The van der Waals surface area contributed by atoms with E-state index in [1.807, 2.05) is 18.2 Å². The van der Waals surface area contributed by atoms with Crippen LogP contribution in [0.25, 0.3) is 0 Å². The molecule has 1 aromatic carbocycles. The van der Waals surface area contributed by atoms with Gasteiger partial charge in [0, 0.05) is 25.5 Å². The summed E-state index contributed by atoms with van der Waals surface area (Å²) in [5.74, 6) is 0.381. The van der Waals surface area contributed by atoms with Crippen LogP contribution in [0.4, 0.5) is 0 Å². The number of alkyl halides is 1. The van der Waals surface area contributed by atoms with Crippen molar-refractivity contribution in [2.75, 3.05) is 26.1 Å². The zero-order chi connectivity index (χ0) is 12.5. The van der Waals surface area contributed by atoms with Crippen molar-refractivity contribution in [2.24, 2.45) is 0 Å². The van der Waals surface area contributed by atoms with E-state index in [0.29, 0.717) is 18.8 Å². The van der Waals surface area contributed by atoms with Gasteiger partial charge in [0.25, 0.3) is 0 Å². The second-order valence-electron chi connectivity index (χ2n) is 3.78. The highest BCUT2D eigenvalue weighted by molar-refractivity contribution is 6.18. The fourth-order valence-corrected chi connectivity index (χ4v) is 1.82. The molecule has 0 unspecified atom stereocenters. The first-order valence-corrected chi connectivity index (χ1v) is 6.18. The number of halogens is 1. The molecule has 0 aromatic heterocycles. The number of benzene rings is 1. The lowest BCUT2D eigenvalue weighted by Gasteiger charge is -2.20. The highest BCUT2D eigenvalue weighted by Gasteiger charge is 2.08.